The van der Waals surface area contributed by atoms with Crippen molar-refractivity contribution >= 4 is 18.1 Å². The lowest BCUT2D eigenvalue weighted by atomic mass is 10.2. The number of carbonyl (C=O) groups is 2. The number of piperazine rings is 1. The van der Waals surface area contributed by atoms with Gasteiger partial charge in [0.1, 0.15) is 5.60 Å². The highest BCUT2D eigenvalue weighted by atomic mass is 16.6. The molecule has 2 rings (SSSR count). The number of nitrogens with zero attached hydrogens (tertiary/aromatic N) is 4. The number of amides is 2. The fraction of sp³-hybridized carbons (Fsp3) is 0.700. The van der Waals surface area contributed by atoms with Crippen LogP contribution < -0.4 is 10.2 Å². The zero-order valence-electron chi connectivity index (χ0n) is 18.3. The van der Waals surface area contributed by atoms with E-state index in [2.05, 4.69) is 15.3 Å². The number of nitrogens with one attached hydrogen (secondary N) is 1. The number of ether oxygens (including phenoxy) is 2. The molecule has 30 heavy (non-hydrogen) atoms. The van der Waals surface area contributed by atoms with E-state index in [1.54, 1.807) is 33.2 Å². The van der Waals surface area contributed by atoms with Gasteiger partial charge in [-0.2, -0.15) is 0 Å². The zero-order chi connectivity index (χ0) is 22.1. The highest BCUT2D eigenvalue weighted by molar-refractivity contribution is 5.87. The molecule has 1 saturated heterocycles. The summed E-state index contributed by atoms with van der Waals surface area (Å²) in [5.74, 6) is 0.494. The summed E-state index contributed by atoms with van der Waals surface area (Å²) in [4.78, 5) is 36.6. The maximum atomic E-state index is 12.6. The molecule has 0 radical (unpaired) electrons. The molecular weight excluding hydrogens is 390 g/mol. The fourth-order valence-electron chi connectivity index (χ4n) is 2.85. The van der Waals surface area contributed by atoms with Gasteiger partial charge in [0.25, 0.3) is 0 Å². The molecule has 1 aliphatic heterocycles. The number of aliphatic hydroxyl groups is 1. The quantitative estimate of drug-likeness (QED) is 0.634. The number of aromatic nitrogens is 2. The summed E-state index contributed by atoms with van der Waals surface area (Å²) in [5.41, 5.74) is -0.186. The predicted molar refractivity (Wildman–Crippen MR) is 111 cm³/mol. The molecule has 2 N–H and O–H groups in total. The second-order valence-corrected chi connectivity index (χ2v) is 8.16. The van der Waals surface area contributed by atoms with E-state index in [1.165, 1.54) is 0 Å². The van der Waals surface area contributed by atoms with Crippen molar-refractivity contribution in [1.82, 2.24) is 20.2 Å². The predicted octanol–water partition coefficient (Wildman–Crippen LogP) is 1.92. The third-order valence-corrected chi connectivity index (χ3v) is 4.41. The zero-order valence-corrected chi connectivity index (χ0v) is 18.3. The molecule has 1 aromatic heterocycles. The van der Waals surface area contributed by atoms with Crippen LogP contribution in [0.2, 0.25) is 0 Å². The monoisotopic (exact) mass is 423 g/mol. The van der Waals surface area contributed by atoms with Crippen molar-refractivity contribution < 1.29 is 24.2 Å². The van der Waals surface area contributed by atoms with Crippen LogP contribution in [0.15, 0.2) is 12.4 Å². The van der Waals surface area contributed by atoms with Gasteiger partial charge < -0.3 is 24.8 Å². The summed E-state index contributed by atoms with van der Waals surface area (Å²) in [5, 5.41) is 12.8. The van der Waals surface area contributed by atoms with E-state index in [0.717, 1.165) is 17.9 Å². The van der Waals surface area contributed by atoms with Crippen molar-refractivity contribution in [3.05, 3.63) is 18.0 Å². The topological polar surface area (TPSA) is 117 Å². The molecule has 0 aliphatic carbocycles. The van der Waals surface area contributed by atoms with E-state index < -0.39 is 17.8 Å². The van der Waals surface area contributed by atoms with Crippen LogP contribution in [0.5, 0.6) is 0 Å². The first kappa shape index (κ1) is 23.8. The number of carbonyl (C=O) groups excluding carboxylic acids is 2. The molecule has 1 unspecified atom stereocenters. The Labute approximate surface area is 177 Å². The van der Waals surface area contributed by atoms with Gasteiger partial charge in [-0.15, -0.1) is 0 Å². The van der Waals surface area contributed by atoms with Crippen LogP contribution in [0, 0.1) is 0 Å². The van der Waals surface area contributed by atoms with E-state index >= 15 is 0 Å². The molecule has 1 aromatic rings. The van der Waals surface area contributed by atoms with Gasteiger partial charge in [0, 0.05) is 37.6 Å². The summed E-state index contributed by atoms with van der Waals surface area (Å²) in [6.45, 7) is 9.44. The lowest BCUT2D eigenvalue weighted by Crippen LogP contribution is -2.53. The van der Waals surface area contributed by atoms with Gasteiger partial charge in [0.15, 0.2) is 0 Å². The van der Waals surface area contributed by atoms with Crippen molar-refractivity contribution in [3.8, 4) is 0 Å². The summed E-state index contributed by atoms with van der Waals surface area (Å²) >= 11 is 0. The molecule has 0 saturated carbocycles. The molecule has 1 fully saturated rings. The number of rotatable bonds is 7. The first-order chi connectivity index (χ1) is 14.2. The van der Waals surface area contributed by atoms with E-state index in [4.69, 9.17) is 9.47 Å². The number of aliphatic hydroxyl groups excluding tert-OH is 1. The van der Waals surface area contributed by atoms with Gasteiger partial charge >= 0.3 is 12.2 Å². The number of hydrogen-bond donors (Lipinski definition) is 2. The Morgan fingerprint density at radius 2 is 2.00 bits per heavy atom. The lowest BCUT2D eigenvalue weighted by Gasteiger charge is -2.35. The second kappa shape index (κ2) is 11.1. The summed E-state index contributed by atoms with van der Waals surface area (Å²) in [7, 11) is 0. The highest BCUT2D eigenvalue weighted by Crippen LogP contribution is 2.16. The number of anilines is 1. The Morgan fingerprint density at radius 1 is 1.30 bits per heavy atom. The van der Waals surface area contributed by atoms with Crippen molar-refractivity contribution in [2.24, 2.45) is 0 Å². The third-order valence-electron chi connectivity index (χ3n) is 4.41. The SMILES string of the molecule is CCCCOC(=O)N(Cc1cnc(N2CCNCC2CO)nc1)C(=O)OC(C)(C)C. The minimum absolute atomic E-state index is 0.00582. The summed E-state index contributed by atoms with van der Waals surface area (Å²) in [6.07, 6.45) is 3.17. The average molecular weight is 424 g/mol. The second-order valence-electron chi connectivity index (χ2n) is 8.16. The molecule has 0 aromatic carbocycles. The molecule has 0 bridgehead atoms. The van der Waals surface area contributed by atoms with Gasteiger partial charge in [-0.1, -0.05) is 13.3 Å². The number of imide groups is 1. The maximum Gasteiger partial charge on any atom is 0.420 e. The van der Waals surface area contributed by atoms with Crippen LogP contribution in [0.4, 0.5) is 15.5 Å². The number of hydrogen-bond acceptors (Lipinski definition) is 9. The van der Waals surface area contributed by atoms with Gasteiger partial charge in [-0.25, -0.2) is 24.5 Å². The van der Waals surface area contributed by atoms with Gasteiger partial charge in [0.05, 0.1) is 25.8 Å². The minimum Gasteiger partial charge on any atom is -0.449 e. The molecule has 168 valence electrons. The van der Waals surface area contributed by atoms with E-state index in [-0.39, 0.29) is 25.8 Å². The van der Waals surface area contributed by atoms with E-state index in [9.17, 15) is 14.7 Å². The molecule has 2 amide bonds. The summed E-state index contributed by atoms with van der Waals surface area (Å²) < 4.78 is 10.6. The molecule has 10 heteroatoms. The van der Waals surface area contributed by atoms with E-state index in [0.29, 0.717) is 31.0 Å². The first-order valence-corrected chi connectivity index (χ1v) is 10.3. The molecule has 2 heterocycles. The van der Waals surface area contributed by atoms with Crippen LogP contribution in [0.3, 0.4) is 0 Å². The van der Waals surface area contributed by atoms with Gasteiger partial charge in [0.2, 0.25) is 5.95 Å². The normalized spacial score (nSPS) is 16.8. The third kappa shape index (κ3) is 7.10. The van der Waals surface area contributed by atoms with Crippen molar-refractivity contribution in [2.45, 2.75) is 58.7 Å². The Bertz CT molecular complexity index is 692. The molecule has 10 nitrogen and oxygen atoms in total. The average Bonchev–Trinajstić information content (AvgIpc) is 2.71. The Kier molecular flexibility index (Phi) is 8.79. The first-order valence-electron chi connectivity index (χ1n) is 10.3. The maximum absolute atomic E-state index is 12.6. The van der Waals surface area contributed by atoms with Crippen LogP contribution in [0.1, 0.15) is 46.1 Å². The van der Waals surface area contributed by atoms with Crippen LogP contribution >= 0.6 is 0 Å². The summed E-state index contributed by atoms with van der Waals surface area (Å²) in [6, 6.07) is -0.101. The fourth-order valence-corrected chi connectivity index (χ4v) is 2.85. The molecule has 1 atom stereocenters. The van der Waals surface area contributed by atoms with E-state index in [1.807, 2.05) is 11.8 Å². The molecule has 1 aliphatic rings. The lowest BCUT2D eigenvalue weighted by molar-refractivity contribution is 0.0202. The van der Waals surface area contributed by atoms with Crippen LogP contribution in [0.25, 0.3) is 0 Å². The van der Waals surface area contributed by atoms with Gasteiger partial charge in [-0.3, -0.25) is 0 Å². The molecular formula is C20H33N5O5. The number of unbranched alkanes of at least 4 members (excludes halogenated alkanes) is 1. The Hall–Kier alpha value is -2.46. The Morgan fingerprint density at radius 3 is 2.60 bits per heavy atom. The standard InChI is InChI=1S/C20H33N5O5/c1-5-6-9-29-18(27)25(19(28)30-20(2,3)4)13-15-10-22-17(23-11-15)24-8-7-21-12-16(24)14-26/h10-11,16,21,26H,5-9,12-14H2,1-4H3. The minimum atomic E-state index is -0.782. The smallest absolute Gasteiger partial charge is 0.420 e. The Balaban J connectivity index is 2.11. The van der Waals surface area contributed by atoms with Crippen LogP contribution in [-0.4, -0.2) is 76.7 Å². The van der Waals surface area contributed by atoms with Crippen molar-refractivity contribution in [1.29, 1.82) is 0 Å². The highest BCUT2D eigenvalue weighted by Gasteiger charge is 2.29. The van der Waals surface area contributed by atoms with Crippen molar-refractivity contribution in [3.63, 3.8) is 0 Å². The largest absolute Gasteiger partial charge is 0.449 e. The van der Waals surface area contributed by atoms with Crippen molar-refractivity contribution in [2.75, 3.05) is 37.7 Å². The molecule has 0 spiro atoms. The van der Waals surface area contributed by atoms with Gasteiger partial charge in [-0.05, 0) is 27.2 Å². The van der Waals surface area contributed by atoms with Crippen LogP contribution in [-0.2, 0) is 16.0 Å².